The molecule has 0 bridgehead atoms. The van der Waals surface area contributed by atoms with Gasteiger partial charge in [0.05, 0.1) is 30.9 Å². The number of rotatable bonds is 3. The third-order valence-electron chi connectivity index (χ3n) is 4.15. The summed E-state index contributed by atoms with van der Waals surface area (Å²) < 4.78 is 44.1. The molecule has 0 radical (unpaired) electrons. The maximum Gasteiger partial charge on any atom is 0.416 e. The molecule has 1 saturated heterocycles. The number of alkyl halides is 3. The predicted octanol–water partition coefficient (Wildman–Crippen LogP) is 3.83. The number of nitrogens with one attached hydrogen (secondary N) is 1. The highest BCUT2D eigenvalue weighted by Crippen LogP contribution is 2.32. The predicted molar refractivity (Wildman–Crippen MR) is 84.5 cm³/mol. The lowest BCUT2D eigenvalue weighted by Crippen LogP contribution is -2.52. The maximum atomic E-state index is 12.9. The minimum absolute atomic E-state index is 0.0474. The van der Waals surface area contributed by atoms with Crippen LogP contribution in [-0.4, -0.2) is 36.7 Å². The van der Waals surface area contributed by atoms with E-state index in [1.165, 1.54) is 6.07 Å². The van der Waals surface area contributed by atoms with Crippen molar-refractivity contribution < 1.29 is 22.7 Å². The third kappa shape index (κ3) is 4.41. The molecule has 0 saturated carbocycles. The van der Waals surface area contributed by atoms with E-state index in [9.17, 15) is 18.0 Å². The largest absolute Gasteiger partial charge is 0.416 e. The first kappa shape index (κ1) is 18.6. The molecule has 1 aliphatic rings. The van der Waals surface area contributed by atoms with Crippen LogP contribution in [0.1, 0.15) is 37.9 Å². The van der Waals surface area contributed by atoms with E-state index in [2.05, 4.69) is 5.32 Å². The van der Waals surface area contributed by atoms with Gasteiger partial charge in [0.1, 0.15) is 0 Å². The summed E-state index contributed by atoms with van der Waals surface area (Å²) in [6.07, 6.45) is -4.40. The van der Waals surface area contributed by atoms with Crippen molar-refractivity contribution in [2.75, 3.05) is 19.8 Å². The van der Waals surface area contributed by atoms with Gasteiger partial charge < -0.3 is 15.0 Å². The molecule has 7 heteroatoms. The number of hydrogen-bond donors (Lipinski definition) is 1. The summed E-state index contributed by atoms with van der Waals surface area (Å²) in [4.78, 5) is 14.2. The molecule has 134 valence electrons. The van der Waals surface area contributed by atoms with Crippen molar-refractivity contribution in [3.8, 4) is 0 Å². The van der Waals surface area contributed by atoms with Gasteiger partial charge in [-0.05, 0) is 30.5 Å². The Morgan fingerprint density at radius 2 is 2.08 bits per heavy atom. The van der Waals surface area contributed by atoms with Crippen molar-refractivity contribution in [2.24, 2.45) is 5.92 Å². The van der Waals surface area contributed by atoms with E-state index < -0.39 is 17.8 Å². The van der Waals surface area contributed by atoms with Crippen molar-refractivity contribution in [3.05, 3.63) is 35.4 Å². The quantitative estimate of drug-likeness (QED) is 0.905. The van der Waals surface area contributed by atoms with E-state index in [1.807, 2.05) is 20.8 Å². The summed E-state index contributed by atoms with van der Waals surface area (Å²) in [5.74, 6) is -0.0474. The summed E-state index contributed by atoms with van der Waals surface area (Å²) in [6.45, 7) is 7.02. The molecule has 24 heavy (non-hydrogen) atoms. The normalized spacial score (nSPS) is 20.1. The van der Waals surface area contributed by atoms with Gasteiger partial charge in [0.2, 0.25) is 0 Å². The molecule has 0 spiro atoms. The Hall–Kier alpha value is -1.76. The van der Waals surface area contributed by atoms with Crippen molar-refractivity contribution >= 4 is 6.03 Å². The highest BCUT2D eigenvalue weighted by molar-refractivity contribution is 5.75. The Bertz CT molecular complexity index is 575. The molecule has 4 nitrogen and oxygen atoms in total. The first-order valence-electron chi connectivity index (χ1n) is 8.02. The summed E-state index contributed by atoms with van der Waals surface area (Å²) in [6, 6.07) is 4.30. The van der Waals surface area contributed by atoms with Gasteiger partial charge in [-0.15, -0.1) is 0 Å². The van der Waals surface area contributed by atoms with E-state index in [-0.39, 0.29) is 18.0 Å². The van der Waals surface area contributed by atoms with Crippen LogP contribution in [0.3, 0.4) is 0 Å². The minimum atomic E-state index is -4.40. The van der Waals surface area contributed by atoms with E-state index >= 15 is 0 Å². The number of carbonyl (C=O) groups is 1. The van der Waals surface area contributed by atoms with E-state index in [0.717, 1.165) is 12.1 Å². The number of ether oxygens (including phenoxy) is 1. The van der Waals surface area contributed by atoms with Crippen LogP contribution in [0.4, 0.5) is 18.0 Å². The molecular weight excluding hydrogens is 321 g/mol. The van der Waals surface area contributed by atoms with Crippen LogP contribution in [0.25, 0.3) is 0 Å². The fourth-order valence-corrected chi connectivity index (χ4v) is 2.79. The summed E-state index contributed by atoms with van der Waals surface area (Å²) >= 11 is 0. The molecule has 1 fully saturated rings. The SMILES string of the molecule is CC(C)[C@H](NC(=O)N1CCOC[C@H]1C)c1cccc(C(F)(F)F)c1. The van der Waals surface area contributed by atoms with Gasteiger partial charge in [-0.1, -0.05) is 26.0 Å². The number of halogens is 3. The van der Waals surface area contributed by atoms with Crippen molar-refractivity contribution in [1.82, 2.24) is 10.2 Å². The van der Waals surface area contributed by atoms with Crippen LogP contribution in [0, 0.1) is 5.92 Å². The van der Waals surface area contributed by atoms with Gasteiger partial charge in [-0.25, -0.2) is 4.79 Å². The van der Waals surface area contributed by atoms with Crippen molar-refractivity contribution in [1.29, 1.82) is 0 Å². The Labute approximate surface area is 140 Å². The molecule has 2 atom stereocenters. The number of amides is 2. The topological polar surface area (TPSA) is 41.6 Å². The molecular formula is C17H23F3N2O2. The molecule has 0 aromatic heterocycles. The van der Waals surface area contributed by atoms with Gasteiger partial charge in [0.25, 0.3) is 0 Å². The lowest BCUT2D eigenvalue weighted by atomic mass is 9.94. The smallest absolute Gasteiger partial charge is 0.377 e. The average Bonchev–Trinajstić information content (AvgIpc) is 2.52. The van der Waals surface area contributed by atoms with Crippen LogP contribution < -0.4 is 5.32 Å². The van der Waals surface area contributed by atoms with Crippen molar-refractivity contribution in [2.45, 2.75) is 39.0 Å². The monoisotopic (exact) mass is 344 g/mol. The molecule has 1 aromatic carbocycles. The molecule has 2 rings (SSSR count). The highest BCUT2D eigenvalue weighted by atomic mass is 19.4. The maximum absolute atomic E-state index is 12.9. The zero-order chi connectivity index (χ0) is 17.9. The molecule has 2 amide bonds. The Morgan fingerprint density at radius 1 is 1.38 bits per heavy atom. The van der Waals surface area contributed by atoms with Crippen LogP contribution in [0.2, 0.25) is 0 Å². The average molecular weight is 344 g/mol. The molecule has 0 aliphatic carbocycles. The van der Waals surface area contributed by atoms with Gasteiger partial charge >= 0.3 is 12.2 Å². The second kappa shape index (κ2) is 7.42. The van der Waals surface area contributed by atoms with Crippen LogP contribution >= 0.6 is 0 Å². The Kier molecular flexibility index (Phi) is 5.74. The Morgan fingerprint density at radius 3 is 2.67 bits per heavy atom. The van der Waals surface area contributed by atoms with E-state index in [4.69, 9.17) is 4.74 Å². The minimum Gasteiger partial charge on any atom is -0.377 e. The standard InChI is InChI=1S/C17H23F3N2O2/c1-11(2)15(13-5-4-6-14(9-13)17(18,19)20)21-16(23)22-7-8-24-10-12(22)3/h4-6,9,11-12,15H,7-8,10H2,1-3H3,(H,21,23)/t12-,15+/m1/s1. The van der Waals surface area contributed by atoms with Crippen LogP contribution in [0.5, 0.6) is 0 Å². The van der Waals surface area contributed by atoms with E-state index in [0.29, 0.717) is 25.3 Å². The fourth-order valence-electron chi connectivity index (χ4n) is 2.79. The number of hydrogen-bond acceptors (Lipinski definition) is 2. The van der Waals surface area contributed by atoms with Crippen LogP contribution in [-0.2, 0) is 10.9 Å². The molecule has 1 aromatic rings. The fraction of sp³-hybridized carbons (Fsp3) is 0.588. The zero-order valence-electron chi connectivity index (χ0n) is 14.1. The number of morpholine rings is 1. The summed E-state index contributed by atoms with van der Waals surface area (Å²) in [5, 5.41) is 2.88. The van der Waals surface area contributed by atoms with Gasteiger partial charge in [0, 0.05) is 6.54 Å². The third-order valence-corrected chi connectivity index (χ3v) is 4.15. The highest BCUT2D eigenvalue weighted by Gasteiger charge is 2.32. The summed E-state index contributed by atoms with van der Waals surface area (Å²) in [7, 11) is 0. The molecule has 0 unspecified atom stereocenters. The molecule has 1 N–H and O–H groups in total. The second-order valence-corrected chi connectivity index (χ2v) is 6.41. The van der Waals surface area contributed by atoms with Gasteiger partial charge in [-0.3, -0.25) is 0 Å². The first-order chi connectivity index (χ1) is 11.2. The zero-order valence-corrected chi connectivity index (χ0v) is 14.1. The van der Waals surface area contributed by atoms with Crippen LogP contribution in [0.15, 0.2) is 24.3 Å². The number of carbonyl (C=O) groups excluding carboxylic acids is 1. The van der Waals surface area contributed by atoms with Crippen molar-refractivity contribution in [3.63, 3.8) is 0 Å². The van der Waals surface area contributed by atoms with E-state index in [1.54, 1.807) is 11.0 Å². The molecule has 1 aliphatic heterocycles. The number of benzene rings is 1. The number of nitrogens with zero attached hydrogens (tertiary/aromatic N) is 1. The van der Waals surface area contributed by atoms with Gasteiger partial charge in [-0.2, -0.15) is 13.2 Å². The number of urea groups is 1. The molecule has 1 heterocycles. The lowest BCUT2D eigenvalue weighted by molar-refractivity contribution is -0.137. The summed E-state index contributed by atoms with van der Waals surface area (Å²) in [5.41, 5.74) is -0.256. The lowest BCUT2D eigenvalue weighted by Gasteiger charge is -2.35. The van der Waals surface area contributed by atoms with Gasteiger partial charge in [0.15, 0.2) is 0 Å². The first-order valence-corrected chi connectivity index (χ1v) is 8.02. The Balaban J connectivity index is 2.19. The second-order valence-electron chi connectivity index (χ2n) is 6.41.